The van der Waals surface area contributed by atoms with Gasteiger partial charge in [-0.15, -0.1) is 0 Å². The summed E-state index contributed by atoms with van der Waals surface area (Å²) in [6, 6.07) is 10.8. The van der Waals surface area contributed by atoms with Crippen molar-refractivity contribution < 1.29 is 13.2 Å². The monoisotopic (exact) mass is 386 g/mol. The van der Waals surface area contributed by atoms with Gasteiger partial charge in [0.05, 0.1) is 17.4 Å². The molecule has 0 aliphatic carbocycles. The molecule has 28 heavy (non-hydrogen) atoms. The standard InChI is InChI=1S/C19H13F3N4O2/c1-25-16-13(7-8-14(24-16)19(20,21)22)17(27)26(18(25)28)10-12-5-2-4-11-6-3-9-23-15(11)12/h2-9H,10H2,1H3. The summed E-state index contributed by atoms with van der Waals surface area (Å²) in [6.07, 6.45) is -3.07. The number of halogens is 3. The minimum Gasteiger partial charge on any atom is -0.280 e. The third-order valence-electron chi connectivity index (χ3n) is 4.52. The molecule has 3 heterocycles. The first-order chi connectivity index (χ1) is 13.3. The molecular formula is C19H13F3N4O2. The maximum atomic E-state index is 12.9. The van der Waals surface area contributed by atoms with Gasteiger partial charge in [0, 0.05) is 18.6 Å². The third-order valence-corrected chi connectivity index (χ3v) is 4.52. The summed E-state index contributed by atoms with van der Waals surface area (Å²) in [5.74, 6) is 0. The smallest absolute Gasteiger partial charge is 0.280 e. The summed E-state index contributed by atoms with van der Waals surface area (Å²) < 4.78 is 40.7. The molecular weight excluding hydrogens is 373 g/mol. The van der Waals surface area contributed by atoms with Crippen molar-refractivity contribution in [2.24, 2.45) is 7.05 Å². The Labute approximate surface area is 155 Å². The molecule has 0 N–H and O–H groups in total. The maximum absolute atomic E-state index is 12.9. The average molecular weight is 386 g/mol. The highest BCUT2D eigenvalue weighted by Gasteiger charge is 2.33. The average Bonchev–Trinajstić information content (AvgIpc) is 2.68. The molecule has 142 valence electrons. The van der Waals surface area contributed by atoms with Gasteiger partial charge in [0.15, 0.2) is 0 Å². The second kappa shape index (κ2) is 6.29. The number of aromatic nitrogens is 4. The van der Waals surface area contributed by atoms with Crippen molar-refractivity contribution in [2.45, 2.75) is 12.7 Å². The zero-order valence-electron chi connectivity index (χ0n) is 14.6. The normalized spacial score (nSPS) is 12.0. The zero-order chi connectivity index (χ0) is 20.1. The largest absolute Gasteiger partial charge is 0.433 e. The lowest BCUT2D eigenvalue weighted by Crippen LogP contribution is -2.39. The van der Waals surface area contributed by atoms with Crippen LogP contribution in [0.25, 0.3) is 21.9 Å². The van der Waals surface area contributed by atoms with Gasteiger partial charge >= 0.3 is 11.9 Å². The number of para-hydroxylation sites is 1. The zero-order valence-corrected chi connectivity index (χ0v) is 14.6. The van der Waals surface area contributed by atoms with Crippen LogP contribution in [0.5, 0.6) is 0 Å². The molecule has 3 aromatic heterocycles. The van der Waals surface area contributed by atoms with E-state index in [-0.39, 0.29) is 17.6 Å². The Morgan fingerprint density at radius 3 is 2.54 bits per heavy atom. The van der Waals surface area contributed by atoms with Crippen molar-refractivity contribution in [3.63, 3.8) is 0 Å². The van der Waals surface area contributed by atoms with Gasteiger partial charge in [-0.25, -0.2) is 9.78 Å². The van der Waals surface area contributed by atoms with Crippen LogP contribution in [0.15, 0.2) is 58.3 Å². The van der Waals surface area contributed by atoms with Gasteiger partial charge in [0.25, 0.3) is 5.56 Å². The molecule has 1 aromatic carbocycles. The Morgan fingerprint density at radius 1 is 1.04 bits per heavy atom. The minimum absolute atomic E-state index is 0.0587. The van der Waals surface area contributed by atoms with Crippen molar-refractivity contribution in [2.75, 3.05) is 0 Å². The fourth-order valence-electron chi connectivity index (χ4n) is 3.14. The van der Waals surface area contributed by atoms with Crippen molar-refractivity contribution in [3.8, 4) is 0 Å². The molecule has 0 amide bonds. The molecule has 0 fully saturated rings. The first-order valence-electron chi connectivity index (χ1n) is 8.28. The van der Waals surface area contributed by atoms with Crippen LogP contribution in [0.2, 0.25) is 0 Å². The van der Waals surface area contributed by atoms with E-state index < -0.39 is 23.1 Å². The number of hydrogen-bond donors (Lipinski definition) is 0. The van der Waals surface area contributed by atoms with E-state index in [1.165, 1.54) is 7.05 Å². The number of pyridine rings is 2. The summed E-state index contributed by atoms with van der Waals surface area (Å²) in [5, 5.41) is 0.783. The van der Waals surface area contributed by atoms with Crippen LogP contribution >= 0.6 is 0 Å². The number of alkyl halides is 3. The molecule has 0 spiro atoms. The fraction of sp³-hybridized carbons (Fsp3) is 0.158. The highest BCUT2D eigenvalue weighted by Crippen LogP contribution is 2.28. The van der Waals surface area contributed by atoms with E-state index in [9.17, 15) is 22.8 Å². The predicted molar refractivity (Wildman–Crippen MR) is 97.1 cm³/mol. The van der Waals surface area contributed by atoms with Gasteiger partial charge in [-0.3, -0.25) is 18.9 Å². The van der Waals surface area contributed by atoms with E-state index in [0.717, 1.165) is 26.7 Å². The van der Waals surface area contributed by atoms with Crippen LogP contribution in [-0.4, -0.2) is 19.1 Å². The first kappa shape index (κ1) is 17.9. The maximum Gasteiger partial charge on any atom is 0.433 e. The van der Waals surface area contributed by atoms with Gasteiger partial charge in [0.2, 0.25) is 0 Å². The summed E-state index contributed by atoms with van der Waals surface area (Å²) in [6.45, 7) is -0.0587. The SMILES string of the molecule is Cn1c(=O)n(Cc2cccc3cccnc23)c(=O)c2ccc(C(F)(F)F)nc21. The lowest BCUT2D eigenvalue weighted by atomic mass is 10.1. The van der Waals surface area contributed by atoms with Gasteiger partial charge in [-0.2, -0.15) is 13.2 Å². The number of rotatable bonds is 2. The second-order valence-corrected chi connectivity index (χ2v) is 6.29. The summed E-state index contributed by atoms with van der Waals surface area (Å²) >= 11 is 0. The highest BCUT2D eigenvalue weighted by molar-refractivity contribution is 5.81. The molecule has 0 saturated carbocycles. The van der Waals surface area contributed by atoms with Gasteiger partial charge in [-0.05, 0) is 23.8 Å². The van der Waals surface area contributed by atoms with E-state index in [2.05, 4.69) is 9.97 Å². The first-order valence-corrected chi connectivity index (χ1v) is 8.28. The van der Waals surface area contributed by atoms with Crippen LogP contribution in [0, 0.1) is 0 Å². The summed E-state index contributed by atoms with van der Waals surface area (Å²) in [4.78, 5) is 33.3. The van der Waals surface area contributed by atoms with E-state index in [0.29, 0.717) is 11.1 Å². The summed E-state index contributed by atoms with van der Waals surface area (Å²) in [7, 11) is 1.29. The van der Waals surface area contributed by atoms with Crippen molar-refractivity contribution in [1.82, 2.24) is 19.1 Å². The molecule has 4 rings (SSSR count). The molecule has 0 aliphatic heterocycles. The van der Waals surface area contributed by atoms with Crippen molar-refractivity contribution in [3.05, 3.63) is 80.8 Å². The Hall–Kier alpha value is -3.49. The van der Waals surface area contributed by atoms with Crippen molar-refractivity contribution in [1.29, 1.82) is 0 Å². The number of aryl methyl sites for hydroxylation is 1. The predicted octanol–water partition coefficient (Wildman–Crippen LogP) is 2.71. The molecule has 0 unspecified atom stereocenters. The van der Waals surface area contributed by atoms with Crippen molar-refractivity contribution >= 4 is 21.9 Å². The van der Waals surface area contributed by atoms with Crippen LogP contribution in [0.1, 0.15) is 11.3 Å². The molecule has 0 atom stereocenters. The van der Waals surface area contributed by atoms with Crippen LogP contribution in [-0.2, 0) is 19.8 Å². The Morgan fingerprint density at radius 2 is 1.79 bits per heavy atom. The minimum atomic E-state index is -4.67. The highest BCUT2D eigenvalue weighted by atomic mass is 19.4. The number of hydrogen-bond acceptors (Lipinski definition) is 4. The number of nitrogens with zero attached hydrogens (tertiary/aromatic N) is 4. The van der Waals surface area contributed by atoms with Crippen LogP contribution in [0.4, 0.5) is 13.2 Å². The fourth-order valence-corrected chi connectivity index (χ4v) is 3.14. The van der Waals surface area contributed by atoms with E-state index in [1.807, 2.05) is 12.1 Å². The lowest BCUT2D eigenvalue weighted by Gasteiger charge is -2.13. The molecule has 0 aliphatic rings. The summed E-state index contributed by atoms with van der Waals surface area (Å²) in [5.41, 5.74) is -1.63. The van der Waals surface area contributed by atoms with E-state index in [1.54, 1.807) is 24.4 Å². The second-order valence-electron chi connectivity index (χ2n) is 6.29. The van der Waals surface area contributed by atoms with E-state index >= 15 is 0 Å². The van der Waals surface area contributed by atoms with Gasteiger partial charge < -0.3 is 0 Å². The topological polar surface area (TPSA) is 69.8 Å². The molecule has 9 heteroatoms. The molecule has 4 aromatic rings. The number of benzene rings is 1. The van der Waals surface area contributed by atoms with Gasteiger partial charge in [0.1, 0.15) is 11.3 Å². The lowest BCUT2D eigenvalue weighted by molar-refractivity contribution is -0.141. The number of fused-ring (bicyclic) bond motifs is 2. The Kier molecular flexibility index (Phi) is 4.02. The van der Waals surface area contributed by atoms with Crippen LogP contribution in [0.3, 0.4) is 0 Å². The van der Waals surface area contributed by atoms with Crippen LogP contribution < -0.4 is 11.2 Å². The third kappa shape index (κ3) is 2.84. The Bertz CT molecular complexity index is 1330. The molecule has 0 bridgehead atoms. The van der Waals surface area contributed by atoms with E-state index in [4.69, 9.17) is 0 Å². The Balaban J connectivity index is 1.93. The quantitative estimate of drug-likeness (QED) is 0.531. The molecule has 0 saturated heterocycles. The van der Waals surface area contributed by atoms with Gasteiger partial charge in [-0.1, -0.05) is 24.3 Å². The molecule has 6 nitrogen and oxygen atoms in total. The molecule has 0 radical (unpaired) electrons.